The fourth-order valence-electron chi connectivity index (χ4n) is 3.57. The molecule has 1 aromatic heterocycles. The summed E-state index contributed by atoms with van der Waals surface area (Å²) in [6.07, 6.45) is 11.2. The van der Waals surface area contributed by atoms with E-state index in [1.807, 2.05) is 6.26 Å². The normalized spacial score (nSPS) is 21.1. The molecule has 21 heavy (non-hydrogen) atoms. The molecule has 1 fully saturated rings. The summed E-state index contributed by atoms with van der Waals surface area (Å²) >= 11 is 0. The standard InChI is InChI=1S/C18H32N2O/c1-4-10-19-17(14-16-9-13-21-15-16)18(3,5-2)20-11-7-6-8-12-20/h9,13,15,17,19H,4-8,10-12,14H2,1-3H3. The molecule has 2 heterocycles. The van der Waals surface area contributed by atoms with Crippen LogP contribution in [0.25, 0.3) is 0 Å². The first-order valence-electron chi connectivity index (χ1n) is 8.70. The second-order valence-corrected chi connectivity index (χ2v) is 6.60. The fraction of sp³-hybridized carbons (Fsp3) is 0.778. The zero-order valence-electron chi connectivity index (χ0n) is 14.0. The molecule has 0 saturated carbocycles. The van der Waals surface area contributed by atoms with Crippen LogP contribution < -0.4 is 5.32 Å². The van der Waals surface area contributed by atoms with Gasteiger partial charge in [-0.05, 0) is 70.3 Å². The van der Waals surface area contributed by atoms with Crippen molar-refractivity contribution >= 4 is 0 Å². The van der Waals surface area contributed by atoms with E-state index in [2.05, 4.69) is 37.1 Å². The molecule has 0 amide bonds. The number of likely N-dealkylation sites (tertiary alicyclic amines) is 1. The first-order valence-corrected chi connectivity index (χ1v) is 8.70. The Morgan fingerprint density at radius 2 is 2.05 bits per heavy atom. The van der Waals surface area contributed by atoms with E-state index in [1.165, 1.54) is 50.8 Å². The Balaban J connectivity index is 2.13. The Labute approximate surface area is 130 Å². The number of hydrogen-bond donors (Lipinski definition) is 1. The van der Waals surface area contributed by atoms with Gasteiger partial charge in [-0.15, -0.1) is 0 Å². The van der Waals surface area contributed by atoms with E-state index in [-0.39, 0.29) is 5.54 Å². The van der Waals surface area contributed by atoms with Gasteiger partial charge in [0, 0.05) is 11.6 Å². The van der Waals surface area contributed by atoms with Crippen LogP contribution in [0.5, 0.6) is 0 Å². The Morgan fingerprint density at radius 1 is 1.29 bits per heavy atom. The van der Waals surface area contributed by atoms with Crippen LogP contribution in [0.2, 0.25) is 0 Å². The molecule has 2 atom stereocenters. The van der Waals surface area contributed by atoms with Crippen molar-refractivity contribution in [2.75, 3.05) is 19.6 Å². The molecule has 1 N–H and O–H groups in total. The van der Waals surface area contributed by atoms with Crippen LogP contribution in [0, 0.1) is 0 Å². The van der Waals surface area contributed by atoms with Gasteiger partial charge in [0.2, 0.25) is 0 Å². The summed E-state index contributed by atoms with van der Waals surface area (Å²) < 4.78 is 5.27. The third-order valence-corrected chi connectivity index (χ3v) is 5.21. The van der Waals surface area contributed by atoms with Gasteiger partial charge < -0.3 is 9.73 Å². The largest absolute Gasteiger partial charge is 0.472 e. The monoisotopic (exact) mass is 292 g/mol. The minimum absolute atomic E-state index is 0.229. The Bertz CT molecular complexity index is 384. The molecule has 1 aromatic rings. The van der Waals surface area contributed by atoms with Crippen LogP contribution in [0.3, 0.4) is 0 Å². The van der Waals surface area contributed by atoms with Crippen LogP contribution in [0.4, 0.5) is 0 Å². The van der Waals surface area contributed by atoms with Gasteiger partial charge in [0.05, 0.1) is 12.5 Å². The summed E-state index contributed by atoms with van der Waals surface area (Å²) in [6, 6.07) is 2.59. The number of rotatable bonds is 8. The minimum atomic E-state index is 0.229. The number of hydrogen-bond acceptors (Lipinski definition) is 3. The molecular formula is C18H32N2O. The van der Waals surface area contributed by atoms with Crippen LogP contribution in [0.15, 0.2) is 23.0 Å². The van der Waals surface area contributed by atoms with Crippen LogP contribution in [-0.4, -0.2) is 36.1 Å². The third kappa shape index (κ3) is 4.10. The van der Waals surface area contributed by atoms with Crippen molar-refractivity contribution in [3.8, 4) is 0 Å². The number of nitrogens with one attached hydrogen (secondary N) is 1. The summed E-state index contributed by atoms with van der Waals surface area (Å²) in [5.41, 5.74) is 1.53. The highest BCUT2D eigenvalue weighted by molar-refractivity contribution is 5.11. The highest BCUT2D eigenvalue weighted by Gasteiger charge is 2.38. The van der Waals surface area contributed by atoms with Crippen molar-refractivity contribution in [1.29, 1.82) is 0 Å². The summed E-state index contributed by atoms with van der Waals surface area (Å²) in [5.74, 6) is 0. The molecule has 1 saturated heterocycles. The van der Waals surface area contributed by atoms with Crippen molar-refractivity contribution in [2.45, 2.75) is 70.9 Å². The summed E-state index contributed by atoms with van der Waals surface area (Å²) in [6.45, 7) is 10.6. The molecule has 3 heteroatoms. The predicted octanol–water partition coefficient (Wildman–Crippen LogP) is 3.84. The molecule has 1 aliphatic rings. The molecule has 0 bridgehead atoms. The molecule has 2 rings (SSSR count). The van der Waals surface area contributed by atoms with E-state index in [0.717, 1.165) is 13.0 Å². The number of piperidine rings is 1. The summed E-state index contributed by atoms with van der Waals surface area (Å²) in [4.78, 5) is 2.73. The lowest BCUT2D eigenvalue weighted by atomic mass is 9.82. The molecule has 0 spiro atoms. The lowest BCUT2D eigenvalue weighted by molar-refractivity contribution is 0.0429. The van der Waals surface area contributed by atoms with E-state index < -0.39 is 0 Å². The first-order chi connectivity index (χ1) is 10.2. The van der Waals surface area contributed by atoms with Gasteiger partial charge in [0.15, 0.2) is 0 Å². The molecule has 2 unspecified atom stereocenters. The number of furan rings is 1. The van der Waals surface area contributed by atoms with Crippen LogP contribution >= 0.6 is 0 Å². The maximum Gasteiger partial charge on any atom is 0.0935 e. The minimum Gasteiger partial charge on any atom is -0.472 e. The highest BCUT2D eigenvalue weighted by Crippen LogP contribution is 2.29. The van der Waals surface area contributed by atoms with E-state index >= 15 is 0 Å². The van der Waals surface area contributed by atoms with Gasteiger partial charge >= 0.3 is 0 Å². The molecule has 0 aromatic carbocycles. The Hall–Kier alpha value is -0.800. The topological polar surface area (TPSA) is 28.4 Å². The average molecular weight is 292 g/mol. The fourth-order valence-corrected chi connectivity index (χ4v) is 3.57. The smallest absolute Gasteiger partial charge is 0.0935 e. The number of nitrogens with zero attached hydrogens (tertiary/aromatic N) is 1. The van der Waals surface area contributed by atoms with Gasteiger partial charge in [0.25, 0.3) is 0 Å². The van der Waals surface area contributed by atoms with E-state index in [1.54, 1.807) is 6.26 Å². The van der Waals surface area contributed by atoms with Gasteiger partial charge in [-0.2, -0.15) is 0 Å². The lowest BCUT2D eigenvalue weighted by Crippen LogP contribution is -2.61. The average Bonchev–Trinajstić information content (AvgIpc) is 3.04. The van der Waals surface area contributed by atoms with Crippen molar-refractivity contribution in [1.82, 2.24) is 10.2 Å². The van der Waals surface area contributed by atoms with Crippen molar-refractivity contribution in [2.24, 2.45) is 0 Å². The molecule has 120 valence electrons. The van der Waals surface area contributed by atoms with Crippen molar-refractivity contribution < 1.29 is 4.42 Å². The molecule has 1 aliphatic heterocycles. The highest BCUT2D eigenvalue weighted by atomic mass is 16.3. The Morgan fingerprint density at radius 3 is 2.62 bits per heavy atom. The second-order valence-electron chi connectivity index (χ2n) is 6.60. The Kier molecular flexibility index (Phi) is 6.31. The van der Waals surface area contributed by atoms with Gasteiger partial charge in [-0.25, -0.2) is 0 Å². The zero-order chi connectivity index (χ0) is 15.1. The summed E-state index contributed by atoms with van der Waals surface area (Å²) in [5, 5.41) is 3.81. The van der Waals surface area contributed by atoms with Gasteiger partial charge in [-0.3, -0.25) is 4.90 Å². The zero-order valence-corrected chi connectivity index (χ0v) is 14.0. The third-order valence-electron chi connectivity index (χ3n) is 5.21. The maximum atomic E-state index is 5.27. The predicted molar refractivity (Wildman–Crippen MR) is 88.6 cm³/mol. The van der Waals surface area contributed by atoms with E-state index in [9.17, 15) is 0 Å². The molecule has 0 aliphatic carbocycles. The molecule has 0 radical (unpaired) electrons. The molecular weight excluding hydrogens is 260 g/mol. The van der Waals surface area contributed by atoms with Gasteiger partial charge in [0.1, 0.15) is 0 Å². The van der Waals surface area contributed by atoms with Crippen molar-refractivity contribution in [3.05, 3.63) is 24.2 Å². The lowest BCUT2D eigenvalue weighted by Gasteiger charge is -2.48. The van der Waals surface area contributed by atoms with Crippen LogP contribution in [0.1, 0.15) is 58.4 Å². The first kappa shape index (κ1) is 16.6. The van der Waals surface area contributed by atoms with Crippen molar-refractivity contribution in [3.63, 3.8) is 0 Å². The van der Waals surface area contributed by atoms with E-state index in [0.29, 0.717) is 6.04 Å². The maximum absolute atomic E-state index is 5.27. The quantitative estimate of drug-likeness (QED) is 0.789. The molecule has 3 nitrogen and oxygen atoms in total. The van der Waals surface area contributed by atoms with Crippen LogP contribution in [-0.2, 0) is 6.42 Å². The van der Waals surface area contributed by atoms with Gasteiger partial charge in [-0.1, -0.05) is 20.3 Å². The van der Waals surface area contributed by atoms with E-state index in [4.69, 9.17) is 4.42 Å². The SMILES string of the molecule is CCCNC(Cc1ccoc1)C(C)(CC)N1CCCCC1. The second kappa shape index (κ2) is 8.00. The summed E-state index contributed by atoms with van der Waals surface area (Å²) in [7, 11) is 0.